The normalized spacial score (nSPS) is 11.1. The molecule has 0 amide bonds. The first-order valence-electron chi connectivity index (χ1n) is 13.2. The average molecular weight is 502 g/mol. The zero-order chi connectivity index (χ0) is 26.0. The van der Waals surface area contributed by atoms with Crippen LogP contribution in [0.2, 0.25) is 0 Å². The standard InChI is InChI=1S/C36H27N3/c1-4-12-28(13-5-1)37-30-22-27(23-31(25-30)38-29-14-6-2-7-15-29)26-20-21-34-33-18-10-11-19-35(33)39(36(34)24-26)32-16-8-3-9-17-32/h1-25,37-38H. The van der Waals surface area contributed by atoms with Gasteiger partial charge in [-0.3, -0.25) is 0 Å². The molecule has 3 nitrogen and oxygen atoms in total. The summed E-state index contributed by atoms with van der Waals surface area (Å²) in [6, 6.07) is 53.2. The Morgan fingerprint density at radius 1 is 0.359 bits per heavy atom. The Labute approximate surface area is 228 Å². The lowest BCUT2D eigenvalue weighted by Crippen LogP contribution is -1.96. The molecule has 1 aromatic heterocycles. The first-order valence-corrected chi connectivity index (χ1v) is 13.2. The minimum atomic E-state index is 1.03. The summed E-state index contributed by atoms with van der Waals surface area (Å²) in [4.78, 5) is 0. The van der Waals surface area contributed by atoms with Crippen molar-refractivity contribution < 1.29 is 0 Å². The Kier molecular flexibility index (Phi) is 5.80. The number of anilines is 4. The van der Waals surface area contributed by atoms with Gasteiger partial charge < -0.3 is 15.2 Å². The Hall–Kier alpha value is -5.28. The molecule has 0 bridgehead atoms. The van der Waals surface area contributed by atoms with Gasteiger partial charge >= 0.3 is 0 Å². The fourth-order valence-electron chi connectivity index (χ4n) is 5.32. The van der Waals surface area contributed by atoms with Crippen LogP contribution in [-0.4, -0.2) is 4.57 Å². The minimum Gasteiger partial charge on any atom is -0.355 e. The highest BCUT2D eigenvalue weighted by Gasteiger charge is 2.14. The summed E-state index contributed by atoms with van der Waals surface area (Å²) in [7, 11) is 0. The van der Waals surface area contributed by atoms with E-state index in [4.69, 9.17) is 0 Å². The maximum Gasteiger partial charge on any atom is 0.0547 e. The van der Waals surface area contributed by atoms with E-state index in [0.717, 1.165) is 39.6 Å². The van der Waals surface area contributed by atoms with Gasteiger partial charge in [-0.2, -0.15) is 0 Å². The van der Waals surface area contributed by atoms with Crippen molar-refractivity contribution in [3.63, 3.8) is 0 Å². The SMILES string of the molecule is c1ccc(Nc2cc(Nc3ccccc3)cc(-c3ccc4c5ccccc5n(-c5ccccc5)c4c3)c2)cc1. The predicted molar refractivity (Wildman–Crippen MR) is 166 cm³/mol. The Balaban J connectivity index is 1.39. The maximum absolute atomic E-state index is 3.59. The van der Waals surface area contributed by atoms with Gasteiger partial charge in [0.05, 0.1) is 11.0 Å². The molecule has 0 spiro atoms. The van der Waals surface area contributed by atoms with Crippen molar-refractivity contribution in [3.05, 3.63) is 152 Å². The van der Waals surface area contributed by atoms with Gasteiger partial charge in [0.25, 0.3) is 0 Å². The average Bonchev–Trinajstić information content (AvgIpc) is 3.32. The molecular weight excluding hydrogens is 474 g/mol. The van der Waals surface area contributed by atoms with E-state index in [1.807, 2.05) is 36.4 Å². The van der Waals surface area contributed by atoms with Gasteiger partial charge in [0.15, 0.2) is 0 Å². The molecule has 0 saturated heterocycles. The van der Waals surface area contributed by atoms with Crippen LogP contribution in [0.15, 0.2) is 152 Å². The molecule has 0 aliphatic rings. The van der Waals surface area contributed by atoms with Gasteiger partial charge in [-0.15, -0.1) is 0 Å². The van der Waals surface area contributed by atoms with Crippen LogP contribution in [0.1, 0.15) is 0 Å². The topological polar surface area (TPSA) is 29.0 Å². The molecule has 0 radical (unpaired) electrons. The molecular formula is C36H27N3. The molecule has 7 rings (SSSR count). The van der Waals surface area contributed by atoms with Crippen LogP contribution in [0.5, 0.6) is 0 Å². The first-order chi connectivity index (χ1) is 19.3. The summed E-state index contributed by atoms with van der Waals surface area (Å²) < 4.78 is 2.36. The molecule has 0 aliphatic heterocycles. The van der Waals surface area contributed by atoms with E-state index in [2.05, 4.69) is 130 Å². The zero-order valence-corrected chi connectivity index (χ0v) is 21.4. The molecule has 0 atom stereocenters. The van der Waals surface area contributed by atoms with Crippen LogP contribution in [0.3, 0.4) is 0 Å². The van der Waals surface area contributed by atoms with Gasteiger partial charge in [0.2, 0.25) is 0 Å². The Bertz CT molecular complexity index is 1830. The van der Waals surface area contributed by atoms with Crippen LogP contribution in [0.4, 0.5) is 22.7 Å². The third kappa shape index (κ3) is 4.51. The van der Waals surface area contributed by atoms with E-state index in [0.29, 0.717) is 0 Å². The second-order valence-corrected chi connectivity index (χ2v) is 9.70. The predicted octanol–water partition coefficient (Wildman–Crippen LogP) is 9.94. The third-order valence-electron chi connectivity index (χ3n) is 7.08. The van der Waals surface area contributed by atoms with Crippen molar-refractivity contribution in [1.82, 2.24) is 4.57 Å². The number of benzene rings is 6. The molecule has 0 fully saturated rings. The van der Waals surface area contributed by atoms with E-state index in [9.17, 15) is 0 Å². The fourth-order valence-corrected chi connectivity index (χ4v) is 5.32. The van der Waals surface area contributed by atoms with Gasteiger partial charge in [0, 0.05) is 39.2 Å². The second kappa shape index (κ2) is 9.88. The van der Waals surface area contributed by atoms with E-state index in [-0.39, 0.29) is 0 Å². The molecule has 186 valence electrons. The number of hydrogen-bond acceptors (Lipinski definition) is 2. The van der Waals surface area contributed by atoms with Crippen LogP contribution in [0.25, 0.3) is 38.6 Å². The lowest BCUT2D eigenvalue weighted by atomic mass is 10.0. The highest BCUT2D eigenvalue weighted by atomic mass is 15.0. The van der Waals surface area contributed by atoms with Crippen molar-refractivity contribution >= 4 is 44.6 Å². The quantitative estimate of drug-likeness (QED) is 0.237. The van der Waals surface area contributed by atoms with Crippen molar-refractivity contribution in [2.75, 3.05) is 10.6 Å². The molecule has 0 unspecified atom stereocenters. The summed E-state index contributed by atoms with van der Waals surface area (Å²) in [5.41, 5.74) is 10.0. The summed E-state index contributed by atoms with van der Waals surface area (Å²) in [5.74, 6) is 0. The van der Waals surface area contributed by atoms with E-state index < -0.39 is 0 Å². The molecule has 39 heavy (non-hydrogen) atoms. The molecule has 6 aromatic carbocycles. The van der Waals surface area contributed by atoms with Gasteiger partial charge in [-0.05, 0) is 77.9 Å². The maximum atomic E-state index is 3.59. The number of aromatic nitrogens is 1. The molecule has 0 aliphatic carbocycles. The Morgan fingerprint density at radius 2 is 0.897 bits per heavy atom. The fraction of sp³-hybridized carbons (Fsp3) is 0. The smallest absolute Gasteiger partial charge is 0.0547 e. The van der Waals surface area contributed by atoms with Gasteiger partial charge in [-0.1, -0.05) is 84.9 Å². The van der Waals surface area contributed by atoms with Crippen molar-refractivity contribution in [3.8, 4) is 16.8 Å². The first kappa shape index (κ1) is 22.9. The van der Waals surface area contributed by atoms with Gasteiger partial charge in [0.1, 0.15) is 0 Å². The van der Waals surface area contributed by atoms with Crippen molar-refractivity contribution in [1.29, 1.82) is 0 Å². The molecule has 3 heteroatoms. The molecule has 7 aromatic rings. The lowest BCUT2D eigenvalue weighted by Gasteiger charge is -2.14. The summed E-state index contributed by atoms with van der Waals surface area (Å²) >= 11 is 0. The number of nitrogens with zero attached hydrogens (tertiary/aromatic N) is 1. The highest BCUT2D eigenvalue weighted by molar-refractivity contribution is 6.10. The Morgan fingerprint density at radius 3 is 1.54 bits per heavy atom. The van der Waals surface area contributed by atoms with Crippen LogP contribution in [-0.2, 0) is 0 Å². The monoisotopic (exact) mass is 501 g/mol. The van der Waals surface area contributed by atoms with E-state index >= 15 is 0 Å². The summed E-state index contributed by atoms with van der Waals surface area (Å²) in [5, 5.41) is 9.69. The second-order valence-electron chi connectivity index (χ2n) is 9.70. The molecule has 2 N–H and O–H groups in total. The number of hydrogen-bond donors (Lipinski definition) is 2. The van der Waals surface area contributed by atoms with E-state index in [1.54, 1.807) is 0 Å². The van der Waals surface area contributed by atoms with Crippen LogP contribution < -0.4 is 10.6 Å². The van der Waals surface area contributed by atoms with Crippen molar-refractivity contribution in [2.24, 2.45) is 0 Å². The third-order valence-corrected chi connectivity index (χ3v) is 7.08. The van der Waals surface area contributed by atoms with Crippen LogP contribution in [0, 0.1) is 0 Å². The van der Waals surface area contributed by atoms with Crippen molar-refractivity contribution in [2.45, 2.75) is 0 Å². The van der Waals surface area contributed by atoms with Gasteiger partial charge in [-0.25, -0.2) is 0 Å². The number of para-hydroxylation sites is 4. The number of fused-ring (bicyclic) bond motifs is 3. The number of nitrogens with one attached hydrogen (secondary N) is 2. The lowest BCUT2D eigenvalue weighted by molar-refractivity contribution is 1.18. The summed E-state index contributed by atoms with van der Waals surface area (Å²) in [6.45, 7) is 0. The molecule has 1 heterocycles. The highest BCUT2D eigenvalue weighted by Crippen LogP contribution is 2.36. The minimum absolute atomic E-state index is 1.03. The number of rotatable bonds is 6. The zero-order valence-electron chi connectivity index (χ0n) is 21.4. The van der Waals surface area contributed by atoms with Crippen LogP contribution >= 0.6 is 0 Å². The van der Waals surface area contributed by atoms with E-state index in [1.165, 1.54) is 21.8 Å². The summed E-state index contributed by atoms with van der Waals surface area (Å²) in [6.07, 6.45) is 0. The largest absolute Gasteiger partial charge is 0.355 e. The molecule has 0 saturated carbocycles.